The van der Waals surface area contributed by atoms with Crippen LogP contribution in [-0.4, -0.2) is 16.2 Å². The Kier molecular flexibility index (Phi) is 3.05. The molecule has 0 aliphatic rings. The second-order valence-corrected chi connectivity index (χ2v) is 3.42. The number of aliphatic hydroxyl groups is 1. The highest BCUT2D eigenvalue weighted by atomic mass is 127. The van der Waals surface area contributed by atoms with Gasteiger partial charge in [-0.2, -0.15) is 0 Å². The predicted octanol–water partition coefficient (Wildman–Crippen LogP) is 1.41. The van der Waals surface area contributed by atoms with E-state index < -0.39 is 12.1 Å². The zero-order valence-electron chi connectivity index (χ0n) is 6.07. The van der Waals surface area contributed by atoms with E-state index in [1.165, 1.54) is 0 Å². The van der Waals surface area contributed by atoms with Crippen LogP contribution in [0.2, 0.25) is 0 Å². The Hall–Kier alpha value is -0.620. The van der Waals surface area contributed by atoms with E-state index in [9.17, 15) is 9.90 Å². The Labute approximate surface area is 83.2 Å². The van der Waals surface area contributed by atoms with Crippen molar-refractivity contribution in [3.63, 3.8) is 0 Å². The first-order chi connectivity index (χ1) is 5.63. The lowest BCUT2D eigenvalue weighted by Crippen LogP contribution is -2.11. The highest BCUT2D eigenvalue weighted by molar-refractivity contribution is 14.1. The number of carboxylic acid groups (broad SMARTS) is 1. The van der Waals surface area contributed by atoms with Gasteiger partial charge in [0.2, 0.25) is 0 Å². The molecule has 0 aliphatic carbocycles. The summed E-state index contributed by atoms with van der Waals surface area (Å²) in [5, 5.41) is 17.7. The molecule has 0 spiro atoms. The van der Waals surface area contributed by atoms with Gasteiger partial charge in [-0.3, -0.25) is 0 Å². The maximum Gasteiger partial charge on any atom is 0.337 e. The van der Waals surface area contributed by atoms with Crippen LogP contribution in [0.5, 0.6) is 0 Å². The number of carboxylic acids is 1. The van der Waals surface area contributed by atoms with Gasteiger partial charge in [0.25, 0.3) is 0 Å². The summed E-state index contributed by atoms with van der Waals surface area (Å²) in [6.45, 7) is 0. The zero-order valence-corrected chi connectivity index (χ0v) is 8.22. The van der Waals surface area contributed by atoms with E-state index in [-0.39, 0.29) is 0 Å². The Bertz CT molecular complexity index is 298. The molecule has 64 valence electrons. The lowest BCUT2D eigenvalue weighted by molar-refractivity contribution is -0.147. The van der Waals surface area contributed by atoms with E-state index >= 15 is 0 Å². The summed E-state index contributed by atoms with van der Waals surface area (Å²) in [5.41, 5.74) is 0.436. The predicted molar refractivity (Wildman–Crippen MR) is 51.8 cm³/mol. The summed E-state index contributed by atoms with van der Waals surface area (Å²) < 4.78 is 0.755. The molecule has 0 amide bonds. The van der Waals surface area contributed by atoms with Crippen LogP contribution in [0.3, 0.4) is 0 Å². The quantitative estimate of drug-likeness (QED) is 0.804. The minimum absolute atomic E-state index is 0.436. The molecule has 0 radical (unpaired) electrons. The highest BCUT2D eigenvalue weighted by Crippen LogP contribution is 2.19. The van der Waals surface area contributed by atoms with Gasteiger partial charge >= 0.3 is 5.97 Å². The molecule has 12 heavy (non-hydrogen) atoms. The van der Waals surface area contributed by atoms with Gasteiger partial charge in [0.1, 0.15) is 0 Å². The fraction of sp³-hybridized carbons (Fsp3) is 0.125. The molecule has 0 saturated heterocycles. The fourth-order valence-corrected chi connectivity index (χ4v) is 1.51. The van der Waals surface area contributed by atoms with Crippen LogP contribution in [0.25, 0.3) is 0 Å². The van der Waals surface area contributed by atoms with Crippen molar-refractivity contribution in [3.05, 3.63) is 33.4 Å². The molecule has 0 unspecified atom stereocenters. The van der Waals surface area contributed by atoms with Crippen molar-refractivity contribution in [2.24, 2.45) is 0 Å². The van der Waals surface area contributed by atoms with E-state index in [1.54, 1.807) is 24.3 Å². The first-order valence-corrected chi connectivity index (χ1v) is 4.36. The molecule has 0 heterocycles. The van der Waals surface area contributed by atoms with Crippen molar-refractivity contribution in [2.45, 2.75) is 6.10 Å². The van der Waals surface area contributed by atoms with E-state index in [4.69, 9.17) is 5.11 Å². The Morgan fingerprint density at radius 3 is 2.50 bits per heavy atom. The minimum atomic E-state index is -1.42. The number of rotatable bonds is 2. The van der Waals surface area contributed by atoms with E-state index in [1.807, 2.05) is 22.6 Å². The van der Waals surface area contributed by atoms with Crippen LogP contribution in [-0.2, 0) is 4.79 Å². The number of benzene rings is 1. The first kappa shape index (κ1) is 9.47. The lowest BCUT2D eigenvalue weighted by Gasteiger charge is -2.06. The number of carbonyl (C=O) groups is 1. The Morgan fingerprint density at radius 1 is 1.42 bits per heavy atom. The van der Waals surface area contributed by atoms with E-state index in [2.05, 4.69) is 0 Å². The summed E-state index contributed by atoms with van der Waals surface area (Å²) in [6, 6.07) is 6.84. The van der Waals surface area contributed by atoms with Gasteiger partial charge in [0.05, 0.1) is 0 Å². The van der Waals surface area contributed by atoms with Gasteiger partial charge in [-0.15, -0.1) is 0 Å². The second-order valence-electron chi connectivity index (χ2n) is 2.26. The summed E-state index contributed by atoms with van der Waals surface area (Å²) in [7, 11) is 0. The van der Waals surface area contributed by atoms with Crippen molar-refractivity contribution in [3.8, 4) is 0 Å². The minimum Gasteiger partial charge on any atom is -0.479 e. The molecule has 0 aliphatic heterocycles. The number of hydrogen-bond donors (Lipinski definition) is 2. The number of halogens is 1. The van der Waals surface area contributed by atoms with Crippen molar-refractivity contribution in [1.29, 1.82) is 0 Å². The molecule has 1 aromatic rings. The molecule has 1 rings (SSSR count). The van der Waals surface area contributed by atoms with Gasteiger partial charge in [0, 0.05) is 9.13 Å². The van der Waals surface area contributed by atoms with Crippen LogP contribution < -0.4 is 0 Å². The number of hydrogen-bond acceptors (Lipinski definition) is 2. The molecule has 0 bridgehead atoms. The van der Waals surface area contributed by atoms with Gasteiger partial charge in [-0.25, -0.2) is 4.79 Å². The van der Waals surface area contributed by atoms with Crippen molar-refractivity contribution in [1.82, 2.24) is 0 Å². The second kappa shape index (κ2) is 3.86. The zero-order chi connectivity index (χ0) is 9.14. The molecular formula is C8H7IO3. The third-order valence-corrected chi connectivity index (χ3v) is 2.42. The molecule has 1 atom stereocenters. The standard InChI is InChI=1S/C8H7IO3/c9-6-4-2-1-3-5(6)7(10)8(11)12/h1-4,7,10H,(H,11,12)/t7-/m1/s1. The SMILES string of the molecule is O=C(O)[C@H](O)c1ccccc1I. The lowest BCUT2D eigenvalue weighted by atomic mass is 10.1. The van der Waals surface area contributed by atoms with Crippen LogP contribution in [0.1, 0.15) is 11.7 Å². The maximum atomic E-state index is 10.4. The fourth-order valence-electron chi connectivity index (χ4n) is 0.830. The van der Waals surface area contributed by atoms with Crippen molar-refractivity contribution in [2.75, 3.05) is 0 Å². The van der Waals surface area contributed by atoms with Crippen LogP contribution in [0.4, 0.5) is 0 Å². The monoisotopic (exact) mass is 278 g/mol. The molecule has 0 fully saturated rings. The first-order valence-electron chi connectivity index (χ1n) is 3.28. The Morgan fingerprint density at radius 2 is 2.00 bits per heavy atom. The van der Waals surface area contributed by atoms with Crippen LogP contribution in [0.15, 0.2) is 24.3 Å². The molecule has 2 N–H and O–H groups in total. The highest BCUT2D eigenvalue weighted by Gasteiger charge is 2.17. The summed E-state index contributed by atoms with van der Waals surface area (Å²) in [4.78, 5) is 10.4. The van der Waals surface area contributed by atoms with Crippen LogP contribution in [0, 0.1) is 3.57 Å². The topological polar surface area (TPSA) is 57.5 Å². The van der Waals surface area contributed by atoms with Gasteiger partial charge in [-0.1, -0.05) is 18.2 Å². The average molecular weight is 278 g/mol. The molecule has 4 heteroatoms. The largest absolute Gasteiger partial charge is 0.479 e. The van der Waals surface area contributed by atoms with Crippen molar-refractivity contribution >= 4 is 28.6 Å². The molecule has 1 aromatic carbocycles. The van der Waals surface area contributed by atoms with Crippen LogP contribution >= 0.6 is 22.6 Å². The van der Waals surface area contributed by atoms with Gasteiger partial charge in [-0.05, 0) is 28.7 Å². The third kappa shape index (κ3) is 1.95. The maximum absolute atomic E-state index is 10.4. The smallest absolute Gasteiger partial charge is 0.337 e. The molecule has 0 aromatic heterocycles. The summed E-state index contributed by atoms with van der Waals surface area (Å²) >= 11 is 1.99. The van der Waals surface area contributed by atoms with E-state index in [0.717, 1.165) is 3.57 Å². The number of aliphatic carboxylic acids is 1. The summed E-state index contributed by atoms with van der Waals surface area (Å²) in [6.07, 6.45) is -1.42. The molecular weight excluding hydrogens is 271 g/mol. The summed E-state index contributed by atoms with van der Waals surface area (Å²) in [5.74, 6) is -1.22. The molecule has 3 nitrogen and oxygen atoms in total. The van der Waals surface area contributed by atoms with E-state index in [0.29, 0.717) is 5.56 Å². The normalized spacial score (nSPS) is 12.5. The molecule has 0 saturated carbocycles. The number of aliphatic hydroxyl groups excluding tert-OH is 1. The Balaban J connectivity index is 3.02. The average Bonchev–Trinajstić information content (AvgIpc) is 2.04. The third-order valence-electron chi connectivity index (χ3n) is 1.43. The van der Waals surface area contributed by atoms with Gasteiger partial charge in [0.15, 0.2) is 6.10 Å². The van der Waals surface area contributed by atoms with Crippen molar-refractivity contribution < 1.29 is 15.0 Å². The van der Waals surface area contributed by atoms with Gasteiger partial charge < -0.3 is 10.2 Å².